The zero-order valence-electron chi connectivity index (χ0n) is 11.3. The van der Waals surface area contributed by atoms with E-state index in [4.69, 9.17) is 12.2 Å². The average molecular weight is 300 g/mol. The molecule has 6 heteroatoms. The summed E-state index contributed by atoms with van der Waals surface area (Å²) in [6, 6.07) is 15.8. The number of para-hydroxylation sites is 1. The van der Waals surface area contributed by atoms with Gasteiger partial charge in [-0.25, -0.2) is 9.07 Å². The summed E-state index contributed by atoms with van der Waals surface area (Å²) in [7, 11) is 0. The van der Waals surface area contributed by atoms with E-state index in [0.717, 1.165) is 11.3 Å². The zero-order valence-corrected chi connectivity index (χ0v) is 12.2. The second-order valence-corrected chi connectivity index (χ2v) is 5.05. The van der Waals surface area contributed by atoms with E-state index in [9.17, 15) is 4.39 Å². The fraction of sp³-hybridized carbons (Fsp3) is 0.133. The summed E-state index contributed by atoms with van der Waals surface area (Å²) in [4.78, 5) is 0. The summed E-state index contributed by atoms with van der Waals surface area (Å²) < 4.78 is 16.8. The summed E-state index contributed by atoms with van der Waals surface area (Å²) in [6.45, 7) is 1.95. The molecule has 1 heterocycles. The summed E-state index contributed by atoms with van der Waals surface area (Å²) in [5, 5.41) is 8.22. The Morgan fingerprint density at radius 1 is 1.00 bits per heavy atom. The van der Waals surface area contributed by atoms with Gasteiger partial charge in [0.15, 0.2) is 0 Å². The lowest BCUT2D eigenvalue weighted by molar-refractivity contribution is 0.535. The number of halogens is 1. The lowest BCUT2D eigenvalue weighted by Crippen LogP contribution is -2.09. The highest BCUT2D eigenvalue weighted by molar-refractivity contribution is 7.71. The standard InChI is InChI=1S/C15H13FN4S/c1-11(12-7-9-13(16)10-8-12)19-15(21)20(18-17-19)14-5-3-2-4-6-14/h2-11H,1H3. The topological polar surface area (TPSA) is 35.6 Å². The smallest absolute Gasteiger partial charge is 0.211 e. The third-order valence-corrected chi connectivity index (χ3v) is 3.68. The third-order valence-electron chi connectivity index (χ3n) is 3.32. The van der Waals surface area contributed by atoms with Gasteiger partial charge < -0.3 is 0 Å². The van der Waals surface area contributed by atoms with E-state index < -0.39 is 0 Å². The predicted molar refractivity (Wildman–Crippen MR) is 80.4 cm³/mol. The van der Waals surface area contributed by atoms with Crippen LogP contribution in [0.15, 0.2) is 54.6 Å². The molecule has 0 spiro atoms. The van der Waals surface area contributed by atoms with Gasteiger partial charge in [0.05, 0.1) is 11.7 Å². The first-order valence-corrected chi connectivity index (χ1v) is 6.93. The second kappa shape index (κ2) is 5.57. The van der Waals surface area contributed by atoms with Crippen molar-refractivity contribution in [3.8, 4) is 5.69 Å². The van der Waals surface area contributed by atoms with Crippen LogP contribution in [0.1, 0.15) is 18.5 Å². The van der Waals surface area contributed by atoms with Crippen LogP contribution in [0, 0.1) is 10.6 Å². The van der Waals surface area contributed by atoms with Crippen molar-refractivity contribution in [3.63, 3.8) is 0 Å². The number of tetrazole rings is 1. The fourth-order valence-corrected chi connectivity index (χ4v) is 2.45. The maximum absolute atomic E-state index is 13.0. The van der Waals surface area contributed by atoms with Gasteiger partial charge in [-0.1, -0.05) is 30.3 Å². The highest BCUT2D eigenvalue weighted by Gasteiger charge is 2.13. The van der Waals surface area contributed by atoms with E-state index in [2.05, 4.69) is 10.4 Å². The monoisotopic (exact) mass is 300 g/mol. The molecule has 1 unspecified atom stereocenters. The Kier molecular flexibility index (Phi) is 3.62. The number of aromatic nitrogens is 4. The van der Waals surface area contributed by atoms with Gasteiger partial charge in [0, 0.05) is 0 Å². The predicted octanol–water partition coefficient (Wildman–Crippen LogP) is 3.55. The molecule has 0 saturated carbocycles. The van der Waals surface area contributed by atoms with E-state index in [1.54, 1.807) is 21.5 Å². The first kappa shape index (κ1) is 13.6. The van der Waals surface area contributed by atoms with Gasteiger partial charge in [-0.15, -0.1) is 0 Å². The third kappa shape index (κ3) is 2.62. The largest absolute Gasteiger partial charge is 0.221 e. The van der Waals surface area contributed by atoms with E-state index in [1.807, 2.05) is 37.3 Å². The number of nitrogens with zero attached hydrogens (tertiary/aromatic N) is 4. The SMILES string of the molecule is CC(c1ccc(F)cc1)n1nnn(-c2ccccc2)c1=S. The van der Waals surface area contributed by atoms with Crippen molar-refractivity contribution in [1.29, 1.82) is 0 Å². The van der Waals surface area contributed by atoms with Gasteiger partial charge in [-0.3, -0.25) is 0 Å². The number of hydrogen-bond donors (Lipinski definition) is 0. The van der Waals surface area contributed by atoms with Gasteiger partial charge >= 0.3 is 0 Å². The van der Waals surface area contributed by atoms with Crippen molar-refractivity contribution in [2.45, 2.75) is 13.0 Å². The van der Waals surface area contributed by atoms with Gasteiger partial charge in [-0.05, 0) is 59.4 Å². The van der Waals surface area contributed by atoms with Crippen molar-refractivity contribution in [3.05, 3.63) is 70.7 Å². The Bertz CT molecular complexity index is 793. The molecule has 0 radical (unpaired) electrons. The Morgan fingerprint density at radius 2 is 1.67 bits per heavy atom. The van der Waals surface area contributed by atoms with Crippen LogP contribution in [0.5, 0.6) is 0 Å². The van der Waals surface area contributed by atoms with E-state index in [0.29, 0.717) is 4.77 Å². The molecule has 0 aliphatic heterocycles. The van der Waals surface area contributed by atoms with Gasteiger partial charge in [-0.2, -0.15) is 4.68 Å². The number of hydrogen-bond acceptors (Lipinski definition) is 3. The van der Waals surface area contributed by atoms with Crippen molar-refractivity contribution in [2.24, 2.45) is 0 Å². The first-order chi connectivity index (χ1) is 10.2. The molecule has 0 N–H and O–H groups in total. The maximum Gasteiger partial charge on any atom is 0.221 e. The van der Waals surface area contributed by atoms with E-state index in [1.165, 1.54) is 12.1 Å². The Balaban J connectivity index is 1.99. The quantitative estimate of drug-likeness (QED) is 0.694. The minimum atomic E-state index is -0.262. The van der Waals surface area contributed by atoms with E-state index in [-0.39, 0.29) is 11.9 Å². The molecule has 21 heavy (non-hydrogen) atoms. The lowest BCUT2D eigenvalue weighted by Gasteiger charge is -2.11. The Hall–Kier alpha value is -2.34. The normalized spacial score (nSPS) is 12.3. The van der Waals surface area contributed by atoms with Crippen LogP contribution < -0.4 is 0 Å². The summed E-state index contributed by atoms with van der Waals surface area (Å²) in [6.07, 6.45) is 0. The lowest BCUT2D eigenvalue weighted by atomic mass is 10.1. The maximum atomic E-state index is 13.0. The fourth-order valence-electron chi connectivity index (χ4n) is 2.11. The molecule has 2 aromatic carbocycles. The summed E-state index contributed by atoms with van der Waals surface area (Å²) in [5.74, 6) is -0.262. The van der Waals surface area contributed by atoms with Crippen LogP contribution in [-0.4, -0.2) is 19.8 Å². The van der Waals surface area contributed by atoms with E-state index >= 15 is 0 Å². The highest BCUT2D eigenvalue weighted by atomic mass is 32.1. The second-order valence-electron chi connectivity index (χ2n) is 4.68. The minimum Gasteiger partial charge on any atom is -0.211 e. The highest BCUT2D eigenvalue weighted by Crippen LogP contribution is 2.18. The van der Waals surface area contributed by atoms with Crippen molar-refractivity contribution in [1.82, 2.24) is 19.8 Å². The van der Waals surface area contributed by atoms with Crippen LogP contribution >= 0.6 is 12.2 Å². The molecule has 0 saturated heterocycles. The number of rotatable bonds is 3. The summed E-state index contributed by atoms with van der Waals surface area (Å²) >= 11 is 5.44. The van der Waals surface area contributed by atoms with Crippen LogP contribution in [-0.2, 0) is 0 Å². The van der Waals surface area contributed by atoms with Gasteiger partial charge in [0.25, 0.3) is 0 Å². The van der Waals surface area contributed by atoms with Gasteiger partial charge in [0.1, 0.15) is 5.82 Å². The number of benzene rings is 2. The van der Waals surface area contributed by atoms with Crippen LogP contribution in [0.3, 0.4) is 0 Å². The Labute approximate surface area is 126 Å². The molecule has 0 aliphatic rings. The van der Waals surface area contributed by atoms with Crippen molar-refractivity contribution < 1.29 is 4.39 Å². The molecule has 0 amide bonds. The van der Waals surface area contributed by atoms with Crippen molar-refractivity contribution >= 4 is 12.2 Å². The van der Waals surface area contributed by atoms with Crippen molar-refractivity contribution in [2.75, 3.05) is 0 Å². The Morgan fingerprint density at radius 3 is 2.33 bits per heavy atom. The summed E-state index contributed by atoms with van der Waals surface area (Å²) in [5.41, 5.74) is 1.78. The van der Waals surface area contributed by atoms with Crippen LogP contribution in [0.4, 0.5) is 4.39 Å². The molecule has 3 aromatic rings. The molecule has 1 aromatic heterocycles. The first-order valence-electron chi connectivity index (χ1n) is 6.52. The molecule has 0 bridgehead atoms. The van der Waals surface area contributed by atoms with Gasteiger partial charge in [0.2, 0.25) is 4.77 Å². The van der Waals surface area contributed by atoms with Crippen LogP contribution in [0.2, 0.25) is 0 Å². The molecule has 1 atom stereocenters. The van der Waals surface area contributed by atoms with Crippen LogP contribution in [0.25, 0.3) is 5.69 Å². The molecule has 0 aliphatic carbocycles. The molecule has 106 valence electrons. The minimum absolute atomic E-state index is 0.115. The molecule has 4 nitrogen and oxygen atoms in total. The average Bonchev–Trinajstić information content (AvgIpc) is 2.90. The molecule has 0 fully saturated rings. The molecular formula is C15H13FN4S. The molecular weight excluding hydrogens is 287 g/mol. The zero-order chi connectivity index (χ0) is 14.8. The molecule has 3 rings (SSSR count).